The molecule has 0 atom stereocenters. The molecule has 26 heavy (non-hydrogen) atoms. The Morgan fingerprint density at radius 3 is 2.69 bits per heavy atom. The lowest BCUT2D eigenvalue weighted by atomic mass is 10.3. The topological polar surface area (TPSA) is 79.8 Å². The van der Waals surface area contributed by atoms with Crippen molar-refractivity contribution in [2.24, 2.45) is 0 Å². The number of nitrogens with zero attached hydrogens (tertiary/aromatic N) is 4. The zero-order chi connectivity index (χ0) is 18.4. The Labute approximate surface area is 152 Å². The van der Waals surface area contributed by atoms with Crippen LogP contribution >= 0.6 is 0 Å². The third-order valence-corrected chi connectivity index (χ3v) is 4.16. The molecule has 0 spiro atoms. The molecule has 8 heteroatoms. The van der Waals surface area contributed by atoms with E-state index in [4.69, 9.17) is 9.47 Å². The van der Waals surface area contributed by atoms with Crippen LogP contribution in [0.4, 0.5) is 11.6 Å². The highest BCUT2D eigenvalue weighted by Gasteiger charge is 2.16. The molecule has 1 N–H and O–H groups in total. The molecule has 0 unspecified atom stereocenters. The Morgan fingerprint density at radius 1 is 1.15 bits per heavy atom. The predicted octanol–water partition coefficient (Wildman–Crippen LogP) is 1.25. The molecule has 1 amide bonds. The van der Waals surface area contributed by atoms with Gasteiger partial charge in [-0.25, -0.2) is 9.97 Å². The molecule has 2 heterocycles. The lowest BCUT2D eigenvalue weighted by Crippen LogP contribution is -2.44. The van der Waals surface area contributed by atoms with Gasteiger partial charge in [0.25, 0.3) is 5.91 Å². The van der Waals surface area contributed by atoms with Gasteiger partial charge >= 0.3 is 0 Å². The Morgan fingerprint density at radius 2 is 1.92 bits per heavy atom. The van der Waals surface area contributed by atoms with E-state index in [2.05, 4.69) is 32.1 Å². The minimum atomic E-state index is -0.282. The highest BCUT2D eigenvalue weighted by molar-refractivity contribution is 5.91. The number of rotatable bonds is 6. The molecular formula is C18H23N5O3. The van der Waals surface area contributed by atoms with E-state index in [1.54, 1.807) is 31.4 Å². The van der Waals surface area contributed by atoms with Crippen LogP contribution in [0.2, 0.25) is 0 Å². The molecule has 1 aliphatic heterocycles. The third-order valence-electron chi connectivity index (χ3n) is 4.16. The number of amides is 1. The van der Waals surface area contributed by atoms with Crippen molar-refractivity contribution in [1.29, 1.82) is 0 Å². The highest BCUT2D eigenvalue weighted by atomic mass is 16.5. The fourth-order valence-electron chi connectivity index (χ4n) is 2.64. The Hall–Kier alpha value is -2.87. The number of methoxy groups -OCH3 is 1. The van der Waals surface area contributed by atoms with Crippen molar-refractivity contribution in [3.63, 3.8) is 0 Å². The second-order valence-electron chi connectivity index (χ2n) is 6.07. The zero-order valence-electron chi connectivity index (χ0n) is 15.0. The van der Waals surface area contributed by atoms with E-state index in [1.165, 1.54) is 6.33 Å². The maximum absolute atomic E-state index is 12.1. The molecule has 1 aromatic carbocycles. The maximum Gasteiger partial charge on any atom is 0.263 e. The summed E-state index contributed by atoms with van der Waals surface area (Å²) in [4.78, 5) is 25.0. The highest BCUT2D eigenvalue weighted by Crippen LogP contribution is 2.19. The van der Waals surface area contributed by atoms with E-state index >= 15 is 0 Å². The maximum atomic E-state index is 12.1. The standard InChI is InChI=1S/C18H23N5O3/c1-22-6-8-23(9-7-22)17-11-16(19-13-20-17)21-18(24)12-26-15-5-3-4-14(10-15)25-2/h3-5,10-11,13H,6-9,12H2,1-2H3,(H,19,20,21,24). The van der Waals surface area contributed by atoms with Gasteiger partial charge in [0.2, 0.25) is 0 Å². The number of ether oxygens (including phenoxy) is 2. The summed E-state index contributed by atoms with van der Waals surface area (Å²) in [5, 5.41) is 2.75. The average Bonchev–Trinajstić information content (AvgIpc) is 2.67. The van der Waals surface area contributed by atoms with Crippen LogP contribution in [0.3, 0.4) is 0 Å². The van der Waals surface area contributed by atoms with Crippen LogP contribution in [-0.2, 0) is 4.79 Å². The zero-order valence-corrected chi connectivity index (χ0v) is 15.0. The lowest BCUT2D eigenvalue weighted by Gasteiger charge is -2.33. The Bertz CT molecular complexity index is 747. The summed E-state index contributed by atoms with van der Waals surface area (Å²) >= 11 is 0. The summed E-state index contributed by atoms with van der Waals surface area (Å²) in [5.74, 6) is 2.25. The summed E-state index contributed by atoms with van der Waals surface area (Å²) in [7, 11) is 3.68. The van der Waals surface area contributed by atoms with Crippen LogP contribution in [0.25, 0.3) is 0 Å². The van der Waals surface area contributed by atoms with Gasteiger partial charge in [-0.15, -0.1) is 0 Å². The third kappa shape index (κ3) is 4.82. The van der Waals surface area contributed by atoms with Crippen LogP contribution in [0, 0.1) is 0 Å². The number of hydrogen-bond donors (Lipinski definition) is 1. The number of nitrogens with one attached hydrogen (secondary N) is 1. The van der Waals surface area contributed by atoms with Crippen molar-refractivity contribution < 1.29 is 14.3 Å². The van der Waals surface area contributed by atoms with Crippen molar-refractivity contribution in [3.05, 3.63) is 36.7 Å². The summed E-state index contributed by atoms with van der Waals surface area (Å²) in [6.45, 7) is 3.67. The molecule has 1 fully saturated rings. The number of carbonyl (C=O) groups excluding carboxylic acids is 1. The largest absolute Gasteiger partial charge is 0.497 e. The molecule has 0 aliphatic carbocycles. The molecule has 0 radical (unpaired) electrons. The fraction of sp³-hybridized carbons (Fsp3) is 0.389. The van der Waals surface area contributed by atoms with Gasteiger partial charge in [-0.1, -0.05) is 6.07 Å². The Balaban J connectivity index is 1.54. The van der Waals surface area contributed by atoms with Crippen molar-refractivity contribution >= 4 is 17.5 Å². The first-order valence-electron chi connectivity index (χ1n) is 8.46. The second-order valence-corrected chi connectivity index (χ2v) is 6.07. The SMILES string of the molecule is COc1cccc(OCC(=O)Nc2cc(N3CCN(C)CC3)ncn2)c1. The van der Waals surface area contributed by atoms with Gasteiger partial charge in [0.1, 0.15) is 29.5 Å². The van der Waals surface area contributed by atoms with E-state index < -0.39 is 0 Å². The number of hydrogen-bond acceptors (Lipinski definition) is 7. The summed E-state index contributed by atoms with van der Waals surface area (Å²) in [5.41, 5.74) is 0. The van der Waals surface area contributed by atoms with E-state index in [0.717, 1.165) is 32.0 Å². The number of aromatic nitrogens is 2. The number of likely N-dealkylation sites (N-methyl/N-ethyl adjacent to an activating group) is 1. The number of piperazine rings is 1. The number of carbonyl (C=O) groups is 1. The van der Waals surface area contributed by atoms with Gasteiger partial charge in [0.15, 0.2) is 6.61 Å². The predicted molar refractivity (Wildman–Crippen MR) is 98.9 cm³/mol. The van der Waals surface area contributed by atoms with Crippen molar-refractivity contribution in [2.75, 3.05) is 57.2 Å². The van der Waals surface area contributed by atoms with Crippen molar-refractivity contribution in [3.8, 4) is 11.5 Å². The van der Waals surface area contributed by atoms with E-state index in [0.29, 0.717) is 17.3 Å². The molecule has 8 nitrogen and oxygen atoms in total. The fourth-order valence-corrected chi connectivity index (χ4v) is 2.64. The van der Waals surface area contributed by atoms with Crippen LogP contribution < -0.4 is 19.7 Å². The molecule has 0 bridgehead atoms. The first kappa shape index (κ1) is 17.9. The molecule has 3 rings (SSSR count). The van der Waals surface area contributed by atoms with Gasteiger partial charge in [-0.2, -0.15) is 0 Å². The average molecular weight is 357 g/mol. The molecule has 1 aliphatic rings. The lowest BCUT2D eigenvalue weighted by molar-refractivity contribution is -0.118. The normalized spacial score (nSPS) is 14.8. The minimum absolute atomic E-state index is 0.110. The van der Waals surface area contributed by atoms with Crippen LogP contribution in [0.5, 0.6) is 11.5 Å². The molecule has 138 valence electrons. The second kappa shape index (κ2) is 8.48. The molecule has 1 saturated heterocycles. The van der Waals surface area contributed by atoms with E-state index in [1.807, 2.05) is 6.07 Å². The molecule has 1 aromatic heterocycles. The first-order chi connectivity index (χ1) is 12.6. The smallest absolute Gasteiger partial charge is 0.263 e. The molecule has 2 aromatic rings. The Kier molecular flexibility index (Phi) is 5.85. The van der Waals surface area contributed by atoms with Crippen LogP contribution in [0.1, 0.15) is 0 Å². The minimum Gasteiger partial charge on any atom is -0.497 e. The number of anilines is 2. The molecular weight excluding hydrogens is 334 g/mol. The van der Waals surface area contributed by atoms with Gasteiger partial charge in [0, 0.05) is 38.3 Å². The quantitative estimate of drug-likeness (QED) is 0.833. The van der Waals surface area contributed by atoms with E-state index in [9.17, 15) is 4.79 Å². The monoisotopic (exact) mass is 357 g/mol. The van der Waals surface area contributed by atoms with Gasteiger partial charge in [0.05, 0.1) is 7.11 Å². The van der Waals surface area contributed by atoms with E-state index in [-0.39, 0.29) is 12.5 Å². The number of benzene rings is 1. The van der Waals surface area contributed by atoms with Crippen molar-refractivity contribution in [1.82, 2.24) is 14.9 Å². The van der Waals surface area contributed by atoms with Gasteiger partial charge in [-0.3, -0.25) is 4.79 Å². The van der Waals surface area contributed by atoms with Crippen LogP contribution in [-0.4, -0.2) is 67.7 Å². The van der Waals surface area contributed by atoms with Gasteiger partial charge in [-0.05, 0) is 19.2 Å². The molecule has 0 saturated carbocycles. The summed E-state index contributed by atoms with van der Waals surface area (Å²) < 4.78 is 10.6. The summed E-state index contributed by atoms with van der Waals surface area (Å²) in [6.07, 6.45) is 1.46. The van der Waals surface area contributed by atoms with Crippen molar-refractivity contribution in [2.45, 2.75) is 0 Å². The first-order valence-corrected chi connectivity index (χ1v) is 8.46. The summed E-state index contributed by atoms with van der Waals surface area (Å²) in [6, 6.07) is 8.90. The van der Waals surface area contributed by atoms with Crippen LogP contribution in [0.15, 0.2) is 36.7 Å². The van der Waals surface area contributed by atoms with Gasteiger partial charge < -0.3 is 24.6 Å².